The van der Waals surface area contributed by atoms with Gasteiger partial charge in [0.25, 0.3) is 0 Å². The zero-order valence-electron chi connectivity index (χ0n) is 12.0. The van der Waals surface area contributed by atoms with Gasteiger partial charge >= 0.3 is 11.9 Å². The fourth-order valence-electron chi connectivity index (χ4n) is 1.95. The van der Waals surface area contributed by atoms with Gasteiger partial charge in [0.05, 0.1) is 13.1 Å². The maximum Gasteiger partial charge on any atom is 0.317 e. The minimum Gasteiger partial charge on any atom is -0.480 e. The van der Waals surface area contributed by atoms with E-state index < -0.39 is 11.9 Å². The minimum atomic E-state index is -0.751. The number of carbonyl (C=O) groups is 2. The number of nitrogens with zero attached hydrogens (tertiary/aromatic N) is 2. The zero-order valence-corrected chi connectivity index (χ0v) is 12.0. The van der Waals surface area contributed by atoms with E-state index in [9.17, 15) is 9.59 Å². The van der Waals surface area contributed by atoms with Crippen LogP contribution in [-0.4, -0.2) is 71.2 Å². The Kier molecular flexibility index (Phi) is 10.1. The molecular weight excluding hydrogens is 248 g/mol. The summed E-state index contributed by atoms with van der Waals surface area (Å²) in [4.78, 5) is 24.2. The molecule has 0 bridgehead atoms. The second kappa shape index (κ2) is 10.8. The molecule has 1 heterocycles. The van der Waals surface area contributed by atoms with Crippen molar-refractivity contribution >= 4 is 11.9 Å². The summed E-state index contributed by atoms with van der Waals surface area (Å²) >= 11 is 0. The fraction of sp³-hybridized carbons (Fsp3) is 0.846. The van der Waals surface area contributed by atoms with Crippen LogP contribution in [0.5, 0.6) is 0 Å². The molecule has 0 unspecified atom stereocenters. The highest BCUT2D eigenvalue weighted by Crippen LogP contribution is 2.07. The third-order valence-electron chi connectivity index (χ3n) is 3.06. The average molecular weight is 274 g/mol. The summed E-state index contributed by atoms with van der Waals surface area (Å²) in [7, 11) is 0. The maximum atomic E-state index is 10.2. The quantitative estimate of drug-likeness (QED) is 0.751. The molecular formula is C13H26N2O4. The Labute approximate surface area is 115 Å². The predicted molar refractivity (Wildman–Crippen MR) is 73.4 cm³/mol. The van der Waals surface area contributed by atoms with Crippen LogP contribution in [0.3, 0.4) is 0 Å². The smallest absolute Gasteiger partial charge is 0.317 e. The third-order valence-corrected chi connectivity index (χ3v) is 3.06. The molecule has 0 aromatic heterocycles. The van der Waals surface area contributed by atoms with Gasteiger partial charge in [0.2, 0.25) is 0 Å². The number of carboxylic acid groups (broad SMARTS) is 2. The maximum absolute atomic E-state index is 10.2. The molecule has 1 rings (SSSR count). The Morgan fingerprint density at radius 1 is 1.00 bits per heavy atom. The number of rotatable bonds is 6. The van der Waals surface area contributed by atoms with Crippen molar-refractivity contribution in [1.29, 1.82) is 0 Å². The first-order chi connectivity index (χ1) is 8.99. The van der Waals surface area contributed by atoms with E-state index in [1.807, 2.05) is 23.6 Å². The van der Waals surface area contributed by atoms with Crippen molar-refractivity contribution < 1.29 is 19.8 Å². The van der Waals surface area contributed by atoms with Crippen LogP contribution in [0.2, 0.25) is 0 Å². The van der Waals surface area contributed by atoms with Gasteiger partial charge in [-0.05, 0) is 39.0 Å². The summed E-state index contributed by atoms with van der Waals surface area (Å²) in [6.45, 7) is 7.83. The lowest BCUT2D eigenvalue weighted by Crippen LogP contribution is -2.34. The summed E-state index contributed by atoms with van der Waals surface area (Å²) in [6.07, 6.45) is 3.58. The number of piperidine rings is 1. The van der Waals surface area contributed by atoms with Crippen molar-refractivity contribution in [3.05, 3.63) is 0 Å². The van der Waals surface area contributed by atoms with E-state index in [-0.39, 0.29) is 13.1 Å². The van der Waals surface area contributed by atoms with Crippen molar-refractivity contribution in [3.8, 4) is 0 Å². The first-order valence-electron chi connectivity index (χ1n) is 6.87. The van der Waals surface area contributed by atoms with E-state index in [0.29, 0.717) is 0 Å². The number of hydrogen-bond donors (Lipinski definition) is 2. The summed E-state index contributed by atoms with van der Waals surface area (Å²) < 4.78 is 0. The van der Waals surface area contributed by atoms with Gasteiger partial charge in [-0.15, -0.1) is 0 Å². The molecule has 0 atom stereocenters. The van der Waals surface area contributed by atoms with Crippen LogP contribution in [0.1, 0.15) is 33.1 Å². The van der Waals surface area contributed by atoms with Gasteiger partial charge < -0.3 is 10.2 Å². The van der Waals surface area contributed by atoms with Crippen LogP contribution in [0, 0.1) is 0 Å². The molecule has 0 amide bonds. The number of likely N-dealkylation sites (tertiary alicyclic amines) is 1. The highest BCUT2D eigenvalue weighted by molar-refractivity contribution is 5.69. The molecule has 2 N–H and O–H groups in total. The van der Waals surface area contributed by atoms with Gasteiger partial charge in [-0.2, -0.15) is 0 Å². The predicted octanol–water partition coefficient (Wildman–Crippen LogP) is 0.970. The summed E-state index contributed by atoms with van der Waals surface area (Å²) in [5, 5.41) is 16.7. The average Bonchev–Trinajstić information content (AvgIpc) is 2.37. The highest BCUT2D eigenvalue weighted by atomic mass is 16.4. The minimum absolute atomic E-state index is 0.160. The Balaban J connectivity index is 0.000000344. The van der Waals surface area contributed by atoms with Crippen LogP contribution >= 0.6 is 0 Å². The van der Waals surface area contributed by atoms with Crippen LogP contribution in [0.15, 0.2) is 0 Å². The van der Waals surface area contributed by atoms with Gasteiger partial charge in [-0.3, -0.25) is 19.4 Å². The summed E-state index contributed by atoms with van der Waals surface area (Å²) in [5.74, 6) is -1.46. The molecule has 0 radical (unpaired) electrons. The standard InChI is InChI=1S/C7H13NO2.C6H13NO2/c9-7(10)6-8-4-2-1-3-5-8;1-3-7(4-2)5-6(8)9/h1-6H2,(H,9,10);3-5H2,1-2H3,(H,8,9). The molecule has 19 heavy (non-hydrogen) atoms. The van der Waals surface area contributed by atoms with Gasteiger partial charge in [0.1, 0.15) is 0 Å². The van der Waals surface area contributed by atoms with Crippen molar-refractivity contribution in [2.45, 2.75) is 33.1 Å². The number of aliphatic carboxylic acids is 2. The second-order valence-electron chi connectivity index (χ2n) is 4.59. The van der Waals surface area contributed by atoms with Crippen molar-refractivity contribution in [2.75, 3.05) is 39.3 Å². The molecule has 0 aromatic rings. The fourth-order valence-corrected chi connectivity index (χ4v) is 1.95. The molecule has 0 aliphatic carbocycles. The molecule has 6 nitrogen and oxygen atoms in total. The van der Waals surface area contributed by atoms with Crippen LogP contribution in [0.4, 0.5) is 0 Å². The molecule has 1 aliphatic heterocycles. The Bertz CT molecular complexity index is 261. The van der Waals surface area contributed by atoms with E-state index >= 15 is 0 Å². The molecule has 1 aliphatic rings. The van der Waals surface area contributed by atoms with Gasteiger partial charge in [0.15, 0.2) is 0 Å². The first-order valence-corrected chi connectivity index (χ1v) is 6.87. The van der Waals surface area contributed by atoms with Crippen molar-refractivity contribution in [3.63, 3.8) is 0 Å². The Morgan fingerprint density at radius 2 is 1.53 bits per heavy atom. The van der Waals surface area contributed by atoms with Gasteiger partial charge in [0, 0.05) is 0 Å². The summed E-state index contributed by atoms with van der Waals surface area (Å²) in [5.41, 5.74) is 0. The van der Waals surface area contributed by atoms with Crippen molar-refractivity contribution in [1.82, 2.24) is 9.80 Å². The normalized spacial score (nSPS) is 15.7. The second-order valence-corrected chi connectivity index (χ2v) is 4.59. The van der Waals surface area contributed by atoms with E-state index in [1.54, 1.807) is 0 Å². The van der Waals surface area contributed by atoms with Crippen LogP contribution in [-0.2, 0) is 9.59 Å². The first kappa shape index (κ1) is 17.9. The third kappa shape index (κ3) is 10.5. The van der Waals surface area contributed by atoms with Crippen LogP contribution < -0.4 is 0 Å². The molecule has 112 valence electrons. The lowest BCUT2D eigenvalue weighted by molar-refractivity contribution is -0.139. The highest BCUT2D eigenvalue weighted by Gasteiger charge is 2.11. The van der Waals surface area contributed by atoms with Gasteiger partial charge in [-0.25, -0.2) is 0 Å². The molecule has 1 saturated heterocycles. The van der Waals surface area contributed by atoms with E-state index in [2.05, 4.69) is 0 Å². The molecule has 0 spiro atoms. The van der Waals surface area contributed by atoms with Crippen LogP contribution in [0.25, 0.3) is 0 Å². The monoisotopic (exact) mass is 274 g/mol. The molecule has 0 saturated carbocycles. The van der Waals surface area contributed by atoms with Crippen molar-refractivity contribution in [2.24, 2.45) is 0 Å². The molecule has 1 fully saturated rings. The number of carboxylic acids is 2. The topological polar surface area (TPSA) is 81.1 Å². The van der Waals surface area contributed by atoms with E-state index in [1.165, 1.54) is 6.42 Å². The number of hydrogen-bond acceptors (Lipinski definition) is 4. The van der Waals surface area contributed by atoms with Gasteiger partial charge in [-0.1, -0.05) is 20.3 Å². The lowest BCUT2D eigenvalue weighted by Gasteiger charge is -2.24. The molecule has 0 aromatic carbocycles. The Morgan fingerprint density at radius 3 is 1.84 bits per heavy atom. The SMILES string of the molecule is CCN(CC)CC(=O)O.O=C(O)CN1CCCCC1. The summed E-state index contributed by atoms with van der Waals surface area (Å²) in [6, 6.07) is 0. The van der Waals surface area contributed by atoms with E-state index in [4.69, 9.17) is 10.2 Å². The van der Waals surface area contributed by atoms with E-state index in [0.717, 1.165) is 39.0 Å². The Hall–Kier alpha value is -1.14. The largest absolute Gasteiger partial charge is 0.480 e. The number of likely N-dealkylation sites (N-methyl/N-ethyl adjacent to an activating group) is 1. The zero-order chi connectivity index (χ0) is 14.7. The molecule has 6 heteroatoms. The lowest BCUT2D eigenvalue weighted by atomic mass is 10.1.